The number of aliphatic hydroxyl groups is 1. The van der Waals surface area contributed by atoms with Crippen LogP contribution in [-0.2, 0) is 0 Å². The third-order valence-electron chi connectivity index (χ3n) is 3.79. The molecule has 1 amide bonds. The average molecular weight is 320 g/mol. The lowest BCUT2D eigenvalue weighted by Gasteiger charge is -2.19. The number of hydrogen-bond donors (Lipinski definition) is 1. The fourth-order valence-corrected chi connectivity index (χ4v) is 3.25. The lowest BCUT2D eigenvalue weighted by molar-refractivity contribution is 0.0649. The van der Waals surface area contributed by atoms with E-state index in [2.05, 4.69) is 4.98 Å². The molecule has 1 aromatic heterocycles. The van der Waals surface area contributed by atoms with E-state index in [1.807, 2.05) is 0 Å². The Morgan fingerprint density at radius 1 is 1.50 bits per heavy atom. The number of thiazole rings is 1. The standard InChI is InChI=1S/C16H17FN2O2S/c1-19(9-13(20)10-6-7-10)16(21)14-8-18-15(22-14)11-4-2-3-5-12(11)17/h2-5,8,10,13,20H,6-7,9H2,1H3. The van der Waals surface area contributed by atoms with Crippen molar-refractivity contribution in [2.75, 3.05) is 13.6 Å². The lowest BCUT2D eigenvalue weighted by Crippen LogP contribution is -2.34. The van der Waals surface area contributed by atoms with Crippen LogP contribution in [0.1, 0.15) is 22.5 Å². The molecule has 116 valence electrons. The topological polar surface area (TPSA) is 53.4 Å². The van der Waals surface area contributed by atoms with Gasteiger partial charge >= 0.3 is 0 Å². The fourth-order valence-electron chi connectivity index (χ4n) is 2.31. The Bertz CT molecular complexity index is 684. The Labute approximate surface area is 132 Å². The molecule has 0 bridgehead atoms. The molecule has 0 aliphatic heterocycles. The number of aromatic nitrogens is 1. The van der Waals surface area contributed by atoms with Crippen molar-refractivity contribution in [2.24, 2.45) is 5.92 Å². The van der Waals surface area contributed by atoms with Gasteiger partial charge in [-0.05, 0) is 30.9 Å². The number of carbonyl (C=O) groups is 1. The molecule has 1 fully saturated rings. The maximum absolute atomic E-state index is 13.8. The molecule has 3 rings (SSSR count). The molecule has 0 saturated heterocycles. The van der Waals surface area contributed by atoms with Gasteiger partial charge in [-0.1, -0.05) is 12.1 Å². The van der Waals surface area contributed by atoms with Gasteiger partial charge in [0.05, 0.1) is 12.3 Å². The number of benzene rings is 1. The normalized spacial score (nSPS) is 15.6. The van der Waals surface area contributed by atoms with Crippen molar-refractivity contribution >= 4 is 17.2 Å². The minimum atomic E-state index is -0.465. The number of nitrogens with zero attached hydrogens (tertiary/aromatic N) is 2. The first-order valence-electron chi connectivity index (χ1n) is 7.20. The Morgan fingerprint density at radius 3 is 2.91 bits per heavy atom. The summed E-state index contributed by atoms with van der Waals surface area (Å²) in [7, 11) is 1.66. The van der Waals surface area contributed by atoms with E-state index in [1.165, 1.54) is 17.2 Å². The van der Waals surface area contributed by atoms with Gasteiger partial charge in [0, 0.05) is 19.2 Å². The second kappa shape index (κ2) is 6.14. The van der Waals surface area contributed by atoms with Crippen LogP contribution in [-0.4, -0.2) is 40.6 Å². The molecule has 1 aromatic carbocycles. The Morgan fingerprint density at radius 2 is 2.23 bits per heavy atom. The van der Waals surface area contributed by atoms with E-state index in [4.69, 9.17) is 0 Å². The van der Waals surface area contributed by atoms with E-state index < -0.39 is 6.10 Å². The Hall–Kier alpha value is -1.79. The van der Waals surface area contributed by atoms with Crippen molar-refractivity contribution in [1.29, 1.82) is 0 Å². The van der Waals surface area contributed by atoms with Crippen molar-refractivity contribution in [3.63, 3.8) is 0 Å². The summed E-state index contributed by atoms with van der Waals surface area (Å²) in [6.45, 7) is 0.316. The third kappa shape index (κ3) is 3.18. The highest BCUT2D eigenvalue weighted by molar-refractivity contribution is 7.16. The summed E-state index contributed by atoms with van der Waals surface area (Å²) in [4.78, 5) is 18.4. The summed E-state index contributed by atoms with van der Waals surface area (Å²) in [6.07, 6.45) is 3.06. The minimum absolute atomic E-state index is 0.195. The number of rotatable bonds is 5. The second-order valence-electron chi connectivity index (χ2n) is 5.60. The first-order chi connectivity index (χ1) is 10.6. The molecule has 0 spiro atoms. The summed E-state index contributed by atoms with van der Waals surface area (Å²) >= 11 is 1.16. The molecule has 1 saturated carbocycles. The predicted molar refractivity (Wildman–Crippen MR) is 83.2 cm³/mol. The van der Waals surface area contributed by atoms with Crippen LogP contribution >= 0.6 is 11.3 Å². The van der Waals surface area contributed by atoms with Crippen LogP contribution in [0.4, 0.5) is 4.39 Å². The summed E-state index contributed by atoms with van der Waals surface area (Å²) in [5, 5.41) is 10.4. The fraction of sp³-hybridized carbons (Fsp3) is 0.375. The molecule has 1 unspecified atom stereocenters. The van der Waals surface area contributed by atoms with Gasteiger partial charge in [0.1, 0.15) is 15.7 Å². The quantitative estimate of drug-likeness (QED) is 0.921. The summed E-state index contributed by atoms with van der Waals surface area (Å²) in [5.41, 5.74) is 0.396. The first kappa shape index (κ1) is 15.1. The maximum atomic E-state index is 13.8. The highest BCUT2D eigenvalue weighted by Gasteiger charge is 2.31. The zero-order valence-corrected chi connectivity index (χ0v) is 13.0. The van der Waals surface area contributed by atoms with E-state index in [9.17, 15) is 14.3 Å². The van der Waals surface area contributed by atoms with E-state index >= 15 is 0 Å². The van der Waals surface area contributed by atoms with Crippen molar-refractivity contribution in [3.05, 3.63) is 41.2 Å². The molecule has 1 aliphatic rings. The summed E-state index contributed by atoms with van der Waals surface area (Å²) < 4.78 is 13.8. The zero-order valence-electron chi connectivity index (χ0n) is 12.2. The number of aliphatic hydroxyl groups excluding tert-OH is 1. The Kier molecular flexibility index (Phi) is 4.22. The van der Waals surface area contributed by atoms with Crippen LogP contribution in [0.2, 0.25) is 0 Å². The van der Waals surface area contributed by atoms with Gasteiger partial charge in [-0.25, -0.2) is 9.37 Å². The lowest BCUT2D eigenvalue weighted by atomic mass is 10.2. The summed E-state index contributed by atoms with van der Waals surface area (Å²) in [5.74, 6) is -0.223. The highest BCUT2D eigenvalue weighted by Crippen LogP contribution is 2.33. The van der Waals surface area contributed by atoms with Gasteiger partial charge < -0.3 is 10.0 Å². The Balaban J connectivity index is 1.72. The first-order valence-corrected chi connectivity index (χ1v) is 8.02. The van der Waals surface area contributed by atoms with E-state index in [0.29, 0.717) is 27.9 Å². The molecule has 6 heteroatoms. The van der Waals surface area contributed by atoms with Crippen LogP contribution in [0, 0.1) is 11.7 Å². The van der Waals surface area contributed by atoms with Crippen LogP contribution in [0.15, 0.2) is 30.5 Å². The third-order valence-corrected chi connectivity index (χ3v) is 4.81. The molecule has 0 radical (unpaired) electrons. The van der Waals surface area contributed by atoms with Gasteiger partial charge in [0.25, 0.3) is 5.91 Å². The monoisotopic (exact) mass is 320 g/mol. The molecule has 1 aliphatic carbocycles. The van der Waals surface area contributed by atoms with Gasteiger partial charge in [0.2, 0.25) is 0 Å². The van der Waals surface area contributed by atoms with Crippen molar-refractivity contribution in [3.8, 4) is 10.6 Å². The molecule has 22 heavy (non-hydrogen) atoms. The van der Waals surface area contributed by atoms with E-state index in [1.54, 1.807) is 25.2 Å². The molecular weight excluding hydrogens is 303 g/mol. The molecule has 1 N–H and O–H groups in total. The van der Waals surface area contributed by atoms with Crippen LogP contribution < -0.4 is 0 Å². The molecule has 1 heterocycles. The molecular formula is C16H17FN2O2S. The van der Waals surface area contributed by atoms with E-state index in [0.717, 1.165) is 24.2 Å². The number of hydrogen-bond acceptors (Lipinski definition) is 4. The van der Waals surface area contributed by atoms with Gasteiger partial charge in [-0.15, -0.1) is 11.3 Å². The number of likely N-dealkylation sites (N-methyl/N-ethyl adjacent to an activating group) is 1. The number of halogens is 1. The van der Waals surface area contributed by atoms with Gasteiger partial charge in [0.15, 0.2) is 0 Å². The van der Waals surface area contributed by atoms with Gasteiger partial charge in [-0.3, -0.25) is 4.79 Å². The average Bonchev–Trinajstić information content (AvgIpc) is 3.25. The molecule has 1 atom stereocenters. The summed E-state index contributed by atoms with van der Waals surface area (Å²) in [6, 6.07) is 6.37. The van der Waals surface area contributed by atoms with E-state index in [-0.39, 0.29) is 11.7 Å². The van der Waals surface area contributed by atoms with Crippen molar-refractivity contribution in [2.45, 2.75) is 18.9 Å². The van der Waals surface area contributed by atoms with Gasteiger partial charge in [-0.2, -0.15) is 0 Å². The minimum Gasteiger partial charge on any atom is -0.391 e. The molecule has 4 nitrogen and oxygen atoms in total. The van der Waals surface area contributed by atoms with Crippen molar-refractivity contribution < 1.29 is 14.3 Å². The predicted octanol–water partition coefficient (Wildman–Crippen LogP) is 2.79. The highest BCUT2D eigenvalue weighted by atomic mass is 32.1. The smallest absolute Gasteiger partial charge is 0.265 e. The maximum Gasteiger partial charge on any atom is 0.265 e. The SMILES string of the molecule is CN(CC(O)C1CC1)C(=O)c1cnc(-c2ccccc2F)s1. The number of amides is 1. The largest absolute Gasteiger partial charge is 0.391 e. The number of carbonyl (C=O) groups excluding carboxylic acids is 1. The zero-order chi connectivity index (χ0) is 15.7. The van der Waals surface area contributed by atoms with Crippen molar-refractivity contribution in [1.82, 2.24) is 9.88 Å². The van der Waals surface area contributed by atoms with Crippen LogP contribution in [0.25, 0.3) is 10.6 Å². The second-order valence-corrected chi connectivity index (χ2v) is 6.63. The van der Waals surface area contributed by atoms with Crippen LogP contribution in [0.3, 0.4) is 0 Å². The van der Waals surface area contributed by atoms with Crippen LogP contribution in [0.5, 0.6) is 0 Å². The molecule has 2 aromatic rings.